The first kappa shape index (κ1) is 13.4. The average Bonchev–Trinajstić information content (AvgIpc) is 2.42. The average molecular weight is 248 g/mol. The molecule has 0 bridgehead atoms. The third-order valence-electron chi connectivity index (χ3n) is 3.92. The van der Waals surface area contributed by atoms with E-state index in [1.807, 2.05) is 30.3 Å². The molecule has 100 valence electrons. The minimum Gasteiger partial charge on any atom is -0.492 e. The highest BCUT2D eigenvalue weighted by Crippen LogP contribution is 2.21. The number of likely N-dealkylation sites (tertiary alicyclic amines) is 1. The third kappa shape index (κ3) is 3.72. The highest BCUT2D eigenvalue weighted by Gasteiger charge is 2.24. The van der Waals surface area contributed by atoms with E-state index < -0.39 is 0 Å². The number of rotatable bonds is 5. The topological polar surface area (TPSA) is 38.5 Å². The summed E-state index contributed by atoms with van der Waals surface area (Å²) in [6.07, 6.45) is 1.26. The van der Waals surface area contributed by atoms with Gasteiger partial charge in [-0.15, -0.1) is 0 Å². The SMILES string of the molecule is CC1CCN(CCOc2ccccc2)CC1CN. The molecule has 1 aromatic carbocycles. The van der Waals surface area contributed by atoms with Crippen LogP contribution in [0.25, 0.3) is 0 Å². The third-order valence-corrected chi connectivity index (χ3v) is 3.92. The van der Waals surface area contributed by atoms with Gasteiger partial charge >= 0.3 is 0 Å². The molecule has 1 fully saturated rings. The zero-order valence-corrected chi connectivity index (χ0v) is 11.2. The Kier molecular flexibility index (Phi) is 5.02. The van der Waals surface area contributed by atoms with E-state index in [0.29, 0.717) is 5.92 Å². The summed E-state index contributed by atoms with van der Waals surface area (Å²) in [5, 5.41) is 0. The quantitative estimate of drug-likeness (QED) is 0.866. The van der Waals surface area contributed by atoms with Gasteiger partial charge in [0.2, 0.25) is 0 Å². The van der Waals surface area contributed by atoms with E-state index in [0.717, 1.165) is 37.9 Å². The van der Waals surface area contributed by atoms with E-state index in [1.165, 1.54) is 13.0 Å². The summed E-state index contributed by atoms with van der Waals surface area (Å²) < 4.78 is 5.73. The van der Waals surface area contributed by atoms with Crippen LogP contribution in [0.4, 0.5) is 0 Å². The fourth-order valence-electron chi connectivity index (χ4n) is 2.54. The van der Waals surface area contributed by atoms with Gasteiger partial charge in [0, 0.05) is 13.1 Å². The second kappa shape index (κ2) is 6.76. The molecule has 0 saturated carbocycles. The van der Waals surface area contributed by atoms with Crippen LogP contribution >= 0.6 is 0 Å². The highest BCUT2D eigenvalue weighted by molar-refractivity contribution is 5.20. The van der Waals surface area contributed by atoms with Crippen molar-refractivity contribution in [2.45, 2.75) is 13.3 Å². The number of hydrogen-bond acceptors (Lipinski definition) is 3. The summed E-state index contributed by atoms with van der Waals surface area (Å²) >= 11 is 0. The Balaban J connectivity index is 1.71. The van der Waals surface area contributed by atoms with E-state index in [-0.39, 0.29) is 0 Å². The summed E-state index contributed by atoms with van der Waals surface area (Å²) in [5.74, 6) is 2.37. The first-order valence-electron chi connectivity index (χ1n) is 6.90. The molecule has 1 aromatic rings. The largest absolute Gasteiger partial charge is 0.492 e. The van der Waals surface area contributed by atoms with Crippen molar-refractivity contribution in [3.63, 3.8) is 0 Å². The number of para-hydroxylation sites is 1. The van der Waals surface area contributed by atoms with Crippen LogP contribution in [0.15, 0.2) is 30.3 Å². The minimum atomic E-state index is 0.649. The van der Waals surface area contributed by atoms with Crippen molar-refractivity contribution in [1.29, 1.82) is 0 Å². The highest BCUT2D eigenvalue weighted by atomic mass is 16.5. The van der Waals surface area contributed by atoms with Crippen molar-refractivity contribution >= 4 is 0 Å². The first-order valence-corrected chi connectivity index (χ1v) is 6.90. The number of hydrogen-bond donors (Lipinski definition) is 1. The van der Waals surface area contributed by atoms with Gasteiger partial charge in [-0.05, 0) is 43.5 Å². The molecule has 0 amide bonds. The molecule has 3 heteroatoms. The lowest BCUT2D eigenvalue weighted by atomic mass is 9.87. The van der Waals surface area contributed by atoms with Crippen LogP contribution in [0.1, 0.15) is 13.3 Å². The Morgan fingerprint density at radius 3 is 2.83 bits per heavy atom. The van der Waals surface area contributed by atoms with Gasteiger partial charge in [-0.3, -0.25) is 4.90 Å². The van der Waals surface area contributed by atoms with Gasteiger partial charge in [-0.2, -0.15) is 0 Å². The lowest BCUT2D eigenvalue weighted by Crippen LogP contribution is -2.44. The number of nitrogens with two attached hydrogens (primary N) is 1. The Labute approximate surface area is 110 Å². The van der Waals surface area contributed by atoms with Crippen LogP contribution in [0.3, 0.4) is 0 Å². The van der Waals surface area contributed by atoms with Gasteiger partial charge in [0.25, 0.3) is 0 Å². The molecule has 1 heterocycles. The Morgan fingerprint density at radius 1 is 1.33 bits per heavy atom. The standard InChI is InChI=1S/C15H24N2O/c1-13-7-8-17(12-14(13)11-16)9-10-18-15-5-3-2-4-6-15/h2-6,13-14H,7-12,16H2,1H3. The van der Waals surface area contributed by atoms with Gasteiger partial charge in [-0.25, -0.2) is 0 Å². The molecular formula is C15H24N2O. The van der Waals surface area contributed by atoms with Crippen LogP contribution in [0, 0.1) is 11.8 Å². The molecule has 18 heavy (non-hydrogen) atoms. The van der Waals surface area contributed by atoms with Crippen molar-refractivity contribution in [1.82, 2.24) is 4.90 Å². The Bertz CT molecular complexity index is 342. The molecule has 0 radical (unpaired) electrons. The molecule has 2 unspecified atom stereocenters. The van der Waals surface area contributed by atoms with E-state index in [4.69, 9.17) is 10.5 Å². The van der Waals surface area contributed by atoms with E-state index in [1.54, 1.807) is 0 Å². The summed E-state index contributed by atoms with van der Waals surface area (Å²) in [6, 6.07) is 10.0. The van der Waals surface area contributed by atoms with Crippen LogP contribution in [-0.4, -0.2) is 37.7 Å². The van der Waals surface area contributed by atoms with Crippen LogP contribution in [-0.2, 0) is 0 Å². The number of nitrogens with zero attached hydrogens (tertiary/aromatic N) is 1. The molecule has 1 saturated heterocycles. The van der Waals surface area contributed by atoms with Gasteiger partial charge in [0.15, 0.2) is 0 Å². The predicted octanol–water partition coefficient (Wildman–Crippen LogP) is 1.98. The molecule has 3 nitrogen and oxygen atoms in total. The molecule has 2 rings (SSSR count). The number of piperidine rings is 1. The molecule has 1 aliphatic heterocycles. The lowest BCUT2D eigenvalue weighted by Gasteiger charge is -2.36. The zero-order chi connectivity index (χ0) is 12.8. The predicted molar refractivity (Wildman–Crippen MR) is 74.7 cm³/mol. The van der Waals surface area contributed by atoms with Crippen molar-refractivity contribution in [2.75, 3.05) is 32.8 Å². The van der Waals surface area contributed by atoms with Crippen LogP contribution in [0.5, 0.6) is 5.75 Å². The normalized spacial score (nSPS) is 25.0. The molecule has 1 aliphatic rings. The minimum absolute atomic E-state index is 0.649. The Hall–Kier alpha value is -1.06. The van der Waals surface area contributed by atoms with E-state index in [2.05, 4.69) is 11.8 Å². The molecule has 0 spiro atoms. The lowest BCUT2D eigenvalue weighted by molar-refractivity contribution is 0.114. The van der Waals surface area contributed by atoms with Gasteiger partial charge in [0.05, 0.1) is 0 Å². The van der Waals surface area contributed by atoms with Gasteiger partial charge in [-0.1, -0.05) is 25.1 Å². The van der Waals surface area contributed by atoms with Gasteiger partial charge < -0.3 is 10.5 Å². The van der Waals surface area contributed by atoms with Crippen molar-refractivity contribution in [2.24, 2.45) is 17.6 Å². The number of ether oxygens (including phenoxy) is 1. The van der Waals surface area contributed by atoms with Crippen LogP contribution in [0.2, 0.25) is 0 Å². The smallest absolute Gasteiger partial charge is 0.119 e. The maximum atomic E-state index is 5.82. The van der Waals surface area contributed by atoms with Crippen molar-refractivity contribution < 1.29 is 4.74 Å². The summed E-state index contributed by atoms with van der Waals surface area (Å²) in [4.78, 5) is 2.47. The number of benzene rings is 1. The molecule has 0 aliphatic carbocycles. The molecule has 0 aromatic heterocycles. The zero-order valence-electron chi connectivity index (χ0n) is 11.2. The van der Waals surface area contributed by atoms with Crippen molar-refractivity contribution in [3.8, 4) is 5.75 Å². The molecule has 2 atom stereocenters. The second-order valence-corrected chi connectivity index (χ2v) is 5.22. The Morgan fingerprint density at radius 2 is 2.11 bits per heavy atom. The van der Waals surface area contributed by atoms with Crippen LogP contribution < -0.4 is 10.5 Å². The summed E-state index contributed by atoms with van der Waals surface area (Å²) in [6.45, 7) is 7.17. The van der Waals surface area contributed by atoms with E-state index in [9.17, 15) is 0 Å². The fourth-order valence-corrected chi connectivity index (χ4v) is 2.54. The molecule has 2 N–H and O–H groups in total. The van der Waals surface area contributed by atoms with E-state index >= 15 is 0 Å². The first-order chi connectivity index (χ1) is 8.79. The maximum absolute atomic E-state index is 5.82. The summed E-state index contributed by atoms with van der Waals surface area (Å²) in [5.41, 5.74) is 5.82. The summed E-state index contributed by atoms with van der Waals surface area (Å²) in [7, 11) is 0. The monoisotopic (exact) mass is 248 g/mol. The fraction of sp³-hybridized carbons (Fsp3) is 0.600. The second-order valence-electron chi connectivity index (χ2n) is 5.22. The van der Waals surface area contributed by atoms with Gasteiger partial charge in [0.1, 0.15) is 12.4 Å². The van der Waals surface area contributed by atoms with Crippen molar-refractivity contribution in [3.05, 3.63) is 30.3 Å². The maximum Gasteiger partial charge on any atom is 0.119 e. The molecular weight excluding hydrogens is 224 g/mol.